The number of carbonyl (C=O) groups is 1. The third-order valence-corrected chi connectivity index (χ3v) is 3.86. The van der Waals surface area contributed by atoms with Gasteiger partial charge in [-0.05, 0) is 24.3 Å². The molecule has 0 aliphatic carbocycles. The number of imidazole rings is 1. The number of aromatic nitrogens is 2. The van der Waals surface area contributed by atoms with Gasteiger partial charge in [0.05, 0.1) is 21.3 Å². The van der Waals surface area contributed by atoms with Gasteiger partial charge in [0, 0.05) is 11.8 Å². The maximum Gasteiger partial charge on any atom is 0.266 e. The van der Waals surface area contributed by atoms with Crippen LogP contribution in [0.4, 0.5) is 5.69 Å². The summed E-state index contributed by atoms with van der Waals surface area (Å²) in [7, 11) is 5.10. The van der Waals surface area contributed by atoms with E-state index < -0.39 is 0 Å². The standard InChI is InChI=1S/C18H19N3O3/c1-20-12-21(15-7-5-4-6-14(15)20)11-18(22)19-13-8-9-16(23-2)17(10-13)24-3/h4-10,12H,11H2,1-3H3/p+1. The zero-order valence-electron chi connectivity index (χ0n) is 13.9. The Kier molecular flexibility index (Phi) is 4.37. The second-order valence-electron chi connectivity index (χ2n) is 5.46. The molecule has 1 amide bonds. The molecule has 6 heteroatoms. The number of methoxy groups -OCH3 is 2. The van der Waals surface area contributed by atoms with Crippen molar-refractivity contribution >= 4 is 22.6 Å². The number of rotatable bonds is 5. The van der Waals surface area contributed by atoms with Crippen molar-refractivity contribution in [1.82, 2.24) is 4.57 Å². The predicted octanol–water partition coefficient (Wildman–Crippen LogP) is 2.12. The van der Waals surface area contributed by atoms with Crippen LogP contribution in [0.15, 0.2) is 48.8 Å². The average molecular weight is 326 g/mol. The van der Waals surface area contributed by atoms with Crippen LogP contribution in [0, 0.1) is 0 Å². The number of aryl methyl sites for hydroxylation is 1. The molecule has 6 nitrogen and oxygen atoms in total. The summed E-state index contributed by atoms with van der Waals surface area (Å²) in [5.41, 5.74) is 2.76. The van der Waals surface area contributed by atoms with Gasteiger partial charge < -0.3 is 14.8 Å². The lowest BCUT2D eigenvalue weighted by Gasteiger charge is -2.10. The summed E-state index contributed by atoms with van der Waals surface area (Å²) in [6, 6.07) is 13.3. The molecule has 1 N–H and O–H groups in total. The fraction of sp³-hybridized carbons (Fsp3) is 0.222. The molecule has 1 aromatic heterocycles. The minimum absolute atomic E-state index is 0.108. The molecule has 0 unspecified atom stereocenters. The van der Waals surface area contributed by atoms with Crippen molar-refractivity contribution in [2.24, 2.45) is 7.05 Å². The van der Waals surface area contributed by atoms with Gasteiger partial charge in [-0.1, -0.05) is 12.1 Å². The Morgan fingerprint density at radius 2 is 1.88 bits per heavy atom. The molecule has 0 spiro atoms. The lowest BCUT2D eigenvalue weighted by Crippen LogP contribution is -2.26. The van der Waals surface area contributed by atoms with Crippen molar-refractivity contribution < 1.29 is 18.8 Å². The predicted molar refractivity (Wildman–Crippen MR) is 91.3 cm³/mol. The van der Waals surface area contributed by atoms with Gasteiger partial charge >= 0.3 is 0 Å². The quantitative estimate of drug-likeness (QED) is 0.731. The first kappa shape index (κ1) is 15.9. The summed E-state index contributed by atoms with van der Waals surface area (Å²) in [6.07, 6.45) is 1.92. The highest BCUT2D eigenvalue weighted by molar-refractivity contribution is 5.91. The zero-order valence-corrected chi connectivity index (χ0v) is 13.9. The van der Waals surface area contributed by atoms with Crippen molar-refractivity contribution in [2.45, 2.75) is 6.54 Å². The SMILES string of the molecule is COc1ccc(NC(=O)Cn2c[n+](C)c3ccccc32)cc1OC. The van der Waals surface area contributed by atoms with E-state index in [4.69, 9.17) is 9.47 Å². The van der Waals surface area contributed by atoms with Crippen LogP contribution < -0.4 is 19.4 Å². The lowest BCUT2D eigenvalue weighted by atomic mass is 10.2. The van der Waals surface area contributed by atoms with Crippen LogP contribution >= 0.6 is 0 Å². The maximum atomic E-state index is 12.4. The molecule has 24 heavy (non-hydrogen) atoms. The van der Waals surface area contributed by atoms with Gasteiger partial charge in [0.2, 0.25) is 6.33 Å². The number of benzene rings is 2. The van der Waals surface area contributed by atoms with E-state index in [1.54, 1.807) is 32.4 Å². The van der Waals surface area contributed by atoms with E-state index >= 15 is 0 Å². The smallest absolute Gasteiger partial charge is 0.266 e. The summed E-state index contributed by atoms with van der Waals surface area (Å²) in [5, 5.41) is 2.89. The van der Waals surface area contributed by atoms with Gasteiger partial charge in [-0.2, -0.15) is 0 Å². The molecule has 2 aromatic carbocycles. The molecule has 124 valence electrons. The number of nitrogens with zero attached hydrogens (tertiary/aromatic N) is 2. The highest BCUT2D eigenvalue weighted by atomic mass is 16.5. The molecule has 0 atom stereocenters. The minimum Gasteiger partial charge on any atom is -0.493 e. The average Bonchev–Trinajstić information content (AvgIpc) is 2.91. The van der Waals surface area contributed by atoms with Gasteiger partial charge in [0.25, 0.3) is 5.91 Å². The third kappa shape index (κ3) is 3.03. The number of amides is 1. The summed E-state index contributed by atoms with van der Waals surface area (Å²) >= 11 is 0. The van der Waals surface area contributed by atoms with E-state index in [1.807, 2.05) is 46.8 Å². The fourth-order valence-electron chi connectivity index (χ4n) is 2.73. The number of ether oxygens (including phenoxy) is 2. The number of fused-ring (bicyclic) bond motifs is 1. The molecule has 3 rings (SSSR count). The molecule has 0 saturated carbocycles. The van der Waals surface area contributed by atoms with Crippen LogP contribution in [0.2, 0.25) is 0 Å². The van der Waals surface area contributed by atoms with Gasteiger partial charge in [-0.3, -0.25) is 4.79 Å². The molecule has 0 fully saturated rings. The third-order valence-electron chi connectivity index (χ3n) is 3.86. The summed E-state index contributed by atoms with van der Waals surface area (Å²) < 4.78 is 14.4. The highest BCUT2D eigenvalue weighted by Gasteiger charge is 2.16. The van der Waals surface area contributed by atoms with Crippen LogP contribution in [-0.2, 0) is 18.4 Å². The van der Waals surface area contributed by atoms with E-state index in [-0.39, 0.29) is 12.5 Å². The molecule has 0 bridgehead atoms. The number of nitrogens with one attached hydrogen (secondary N) is 1. The number of hydrogen-bond donors (Lipinski definition) is 1. The largest absolute Gasteiger partial charge is 0.493 e. The summed E-state index contributed by atoms with van der Waals surface area (Å²) in [5.74, 6) is 1.09. The molecule has 3 aromatic rings. The number of para-hydroxylation sites is 2. The Hall–Kier alpha value is -3.02. The van der Waals surface area contributed by atoms with Crippen molar-refractivity contribution in [1.29, 1.82) is 0 Å². The Bertz CT molecular complexity index is 886. The van der Waals surface area contributed by atoms with E-state index in [2.05, 4.69) is 5.32 Å². The van der Waals surface area contributed by atoms with E-state index in [1.165, 1.54) is 0 Å². The molecule has 0 aliphatic rings. The fourth-order valence-corrected chi connectivity index (χ4v) is 2.73. The molecule has 1 heterocycles. The first-order valence-corrected chi connectivity index (χ1v) is 7.57. The maximum absolute atomic E-state index is 12.4. The first-order chi connectivity index (χ1) is 11.6. The Morgan fingerprint density at radius 3 is 2.62 bits per heavy atom. The number of anilines is 1. The van der Waals surface area contributed by atoms with Gasteiger partial charge in [0.1, 0.15) is 0 Å². The normalized spacial score (nSPS) is 10.6. The van der Waals surface area contributed by atoms with Crippen LogP contribution in [0.25, 0.3) is 11.0 Å². The Labute approximate surface area is 140 Å². The molecular formula is C18H20N3O3+. The van der Waals surface area contributed by atoms with Crippen molar-refractivity contribution in [3.8, 4) is 11.5 Å². The van der Waals surface area contributed by atoms with Crippen LogP contribution in [0.1, 0.15) is 0 Å². The zero-order chi connectivity index (χ0) is 17.1. The second kappa shape index (κ2) is 6.62. The summed E-state index contributed by atoms with van der Waals surface area (Å²) in [6.45, 7) is 0.232. The molecule has 0 radical (unpaired) electrons. The van der Waals surface area contributed by atoms with Crippen LogP contribution in [0.5, 0.6) is 11.5 Å². The Balaban J connectivity index is 1.78. The minimum atomic E-state index is -0.108. The van der Waals surface area contributed by atoms with E-state index in [9.17, 15) is 4.79 Å². The van der Waals surface area contributed by atoms with Crippen molar-refractivity contribution in [2.75, 3.05) is 19.5 Å². The van der Waals surface area contributed by atoms with Crippen LogP contribution in [-0.4, -0.2) is 24.7 Å². The van der Waals surface area contributed by atoms with Crippen LogP contribution in [0.3, 0.4) is 0 Å². The Morgan fingerprint density at radius 1 is 1.12 bits per heavy atom. The van der Waals surface area contributed by atoms with Gasteiger partial charge in [0.15, 0.2) is 29.1 Å². The number of carbonyl (C=O) groups excluding carboxylic acids is 1. The highest BCUT2D eigenvalue weighted by Crippen LogP contribution is 2.29. The van der Waals surface area contributed by atoms with Gasteiger partial charge in [-0.15, -0.1) is 0 Å². The van der Waals surface area contributed by atoms with E-state index in [0.717, 1.165) is 11.0 Å². The monoisotopic (exact) mass is 326 g/mol. The first-order valence-electron chi connectivity index (χ1n) is 7.57. The molecule has 0 saturated heterocycles. The van der Waals surface area contributed by atoms with Crippen molar-refractivity contribution in [3.05, 3.63) is 48.8 Å². The molecular weight excluding hydrogens is 306 g/mol. The number of hydrogen-bond acceptors (Lipinski definition) is 3. The van der Waals surface area contributed by atoms with Gasteiger partial charge in [-0.25, -0.2) is 9.13 Å². The second-order valence-corrected chi connectivity index (χ2v) is 5.46. The van der Waals surface area contributed by atoms with Crippen molar-refractivity contribution in [3.63, 3.8) is 0 Å². The summed E-state index contributed by atoms with van der Waals surface area (Å²) in [4.78, 5) is 12.4. The lowest BCUT2D eigenvalue weighted by molar-refractivity contribution is -0.645. The topological polar surface area (TPSA) is 56.4 Å². The molecule has 0 aliphatic heterocycles. The van der Waals surface area contributed by atoms with E-state index in [0.29, 0.717) is 17.2 Å².